The lowest BCUT2D eigenvalue weighted by Gasteiger charge is -2.38. The first-order valence-corrected chi connectivity index (χ1v) is 8.21. The molecule has 0 bridgehead atoms. The number of aldehydes is 1. The Balaban J connectivity index is 2.11. The molecule has 2 N–H and O–H groups in total. The van der Waals surface area contributed by atoms with Crippen LogP contribution >= 0.6 is 0 Å². The normalized spacial score (nSPS) is 19.2. The van der Waals surface area contributed by atoms with Crippen molar-refractivity contribution in [2.75, 3.05) is 4.90 Å². The number of benzene rings is 2. The maximum atomic E-state index is 12.1. The summed E-state index contributed by atoms with van der Waals surface area (Å²) in [6, 6.07) is 12.8. The Bertz CT molecular complexity index is 843. The fourth-order valence-electron chi connectivity index (χ4n) is 3.55. The van der Waals surface area contributed by atoms with Crippen LogP contribution in [0.25, 0.3) is 11.1 Å². The summed E-state index contributed by atoms with van der Waals surface area (Å²) in [6.45, 7) is 3.45. The molecule has 0 aliphatic carbocycles. The molecule has 2 aromatic carbocycles. The van der Waals surface area contributed by atoms with Crippen molar-refractivity contribution in [1.82, 2.24) is 0 Å². The quantitative estimate of drug-likeness (QED) is 0.875. The Hall–Kier alpha value is -2.95. The van der Waals surface area contributed by atoms with Crippen molar-refractivity contribution in [3.8, 4) is 11.1 Å². The molecule has 2 atom stereocenters. The highest BCUT2D eigenvalue weighted by Gasteiger charge is 2.35. The standard InChI is InChI=1S/C20H20N2O3/c1-12-9-18(20(21)25)17-10-16(7-8-19(17)22(12)13(2)24)15-5-3-14(11-23)4-6-15/h3-8,10-12,18H,9H2,1-2H3,(H2,21,25)/t12-,18+/m1/s1. The predicted octanol–water partition coefficient (Wildman–Crippen LogP) is 2.88. The molecule has 5 heteroatoms. The summed E-state index contributed by atoms with van der Waals surface area (Å²) in [5.74, 6) is -0.862. The van der Waals surface area contributed by atoms with Gasteiger partial charge in [0.15, 0.2) is 0 Å². The van der Waals surface area contributed by atoms with Crippen molar-refractivity contribution in [2.24, 2.45) is 5.73 Å². The molecule has 128 valence electrons. The highest BCUT2D eigenvalue weighted by molar-refractivity contribution is 5.97. The third-order valence-electron chi connectivity index (χ3n) is 4.74. The molecule has 0 saturated heterocycles. The van der Waals surface area contributed by atoms with Gasteiger partial charge in [-0.05, 0) is 42.2 Å². The Morgan fingerprint density at radius 1 is 1.12 bits per heavy atom. The van der Waals surface area contributed by atoms with E-state index in [0.29, 0.717) is 12.0 Å². The van der Waals surface area contributed by atoms with E-state index in [1.165, 1.54) is 6.92 Å². The van der Waals surface area contributed by atoms with Crippen LogP contribution in [0.1, 0.15) is 42.1 Å². The zero-order chi connectivity index (χ0) is 18.1. The Kier molecular flexibility index (Phi) is 4.40. The molecular weight excluding hydrogens is 316 g/mol. The van der Waals surface area contributed by atoms with Gasteiger partial charge in [0.25, 0.3) is 0 Å². The van der Waals surface area contributed by atoms with Gasteiger partial charge in [-0.1, -0.05) is 30.3 Å². The van der Waals surface area contributed by atoms with E-state index in [9.17, 15) is 14.4 Å². The smallest absolute Gasteiger partial charge is 0.225 e. The maximum Gasteiger partial charge on any atom is 0.225 e. The highest BCUT2D eigenvalue weighted by Crippen LogP contribution is 2.40. The number of hydrogen-bond donors (Lipinski definition) is 1. The zero-order valence-corrected chi connectivity index (χ0v) is 14.2. The summed E-state index contributed by atoms with van der Waals surface area (Å²) in [5.41, 5.74) is 9.58. The number of carbonyl (C=O) groups excluding carboxylic acids is 3. The van der Waals surface area contributed by atoms with Gasteiger partial charge >= 0.3 is 0 Å². The molecule has 0 saturated carbocycles. The number of fused-ring (bicyclic) bond motifs is 1. The van der Waals surface area contributed by atoms with E-state index in [4.69, 9.17) is 5.73 Å². The number of nitrogens with two attached hydrogens (primary N) is 1. The first-order valence-electron chi connectivity index (χ1n) is 8.21. The van der Waals surface area contributed by atoms with Gasteiger partial charge in [0, 0.05) is 24.2 Å². The van der Waals surface area contributed by atoms with Crippen molar-refractivity contribution in [2.45, 2.75) is 32.2 Å². The second kappa shape index (κ2) is 6.51. The van der Waals surface area contributed by atoms with Crippen molar-refractivity contribution in [3.05, 3.63) is 53.6 Å². The van der Waals surface area contributed by atoms with Crippen LogP contribution in [0.2, 0.25) is 0 Å². The van der Waals surface area contributed by atoms with E-state index in [1.807, 2.05) is 37.3 Å². The summed E-state index contributed by atoms with van der Waals surface area (Å²) in [5, 5.41) is 0. The fourth-order valence-corrected chi connectivity index (χ4v) is 3.55. The van der Waals surface area contributed by atoms with Crippen LogP contribution in [0, 0.1) is 0 Å². The minimum absolute atomic E-state index is 0.0558. The minimum atomic E-state index is -0.421. The summed E-state index contributed by atoms with van der Waals surface area (Å²) >= 11 is 0. The van der Waals surface area contributed by atoms with Gasteiger partial charge < -0.3 is 10.6 Å². The van der Waals surface area contributed by atoms with Crippen LogP contribution < -0.4 is 10.6 Å². The number of carbonyl (C=O) groups is 3. The molecule has 3 rings (SSSR count). The summed E-state index contributed by atoms with van der Waals surface area (Å²) in [6.07, 6.45) is 1.31. The van der Waals surface area contributed by atoms with Gasteiger partial charge in [-0.25, -0.2) is 0 Å². The molecule has 1 aliphatic rings. The molecule has 0 unspecified atom stereocenters. The zero-order valence-electron chi connectivity index (χ0n) is 14.2. The molecular formula is C20H20N2O3. The molecule has 1 heterocycles. The molecule has 1 aliphatic heterocycles. The van der Waals surface area contributed by atoms with Crippen LogP contribution in [0.15, 0.2) is 42.5 Å². The lowest BCUT2D eigenvalue weighted by atomic mass is 9.84. The maximum absolute atomic E-state index is 12.1. The number of anilines is 1. The molecule has 2 amide bonds. The third kappa shape index (κ3) is 3.05. The van der Waals surface area contributed by atoms with Crippen molar-refractivity contribution in [1.29, 1.82) is 0 Å². The molecule has 0 radical (unpaired) electrons. The Morgan fingerprint density at radius 3 is 2.32 bits per heavy atom. The average molecular weight is 336 g/mol. The molecule has 0 aromatic heterocycles. The first kappa shape index (κ1) is 16.9. The molecule has 0 spiro atoms. The van der Waals surface area contributed by atoms with E-state index >= 15 is 0 Å². The van der Waals surface area contributed by atoms with Crippen molar-refractivity contribution >= 4 is 23.8 Å². The molecule has 2 aromatic rings. The predicted molar refractivity (Wildman–Crippen MR) is 96.4 cm³/mol. The van der Waals surface area contributed by atoms with Crippen LogP contribution in [0.3, 0.4) is 0 Å². The van der Waals surface area contributed by atoms with E-state index < -0.39 is 5.92 Å². The van der Waals surface area contributed by atoms with Crippen molar-refractivity contribution in [3.63, 3.8) is 0 Å². The molecule has 0 fully saturated rings. The Morgan fingerprint density at radius 2 is 1.76 bits per heavy atom. The van der Waals surface area contributed by atoms with E-state index in [-0.39, 0.29) is 17.9 Å². The highest BCUT2D eigenvalue weighted by atomic mass is 16.2. The second-order valence-corrected chi connectivity index (χ2v) is 6.44. The van der Waals surface area contributed by atoms with Gasteiger partial charge in [-0.15, -0.1) is 0 Å². The van der Waals surface area contributed by atoms with E-state index in [2.05, 4.69) is 0 Å². The average Bonchev–Trinajstić information content (AvgIpc) is 2.60. The first-order chi connectivity index (χ1) is 11.9. The third-order valence-corrected chi connectivity index (χ3v) is 4.74. The molecule has 25 heavy (non-hydrogen) atoms. The van der Waals surface area contributed by atoms with E-state index in [0.717, 1.165) is 28.7 Å². The van der Waals surface area contributed by atoms with Gasteiger partial charge in [0.2, 0.25) is 11.8 Å². The Labute approximate surface area is 146 Å². The van der Waals surface area contributed by atoms with Crippen LogP contribution in [0.4, 0.5) is 5.69 Å². The van der Waals surface area contributed by atoms with Gasteiger partial charge in [-0.3, -0.25) is 14.4 Å². The SMILES string of the molecule is CC(=O)N1c2ccc(-c3ccc(C=O)cc3)cc2[C@@H](C(N)=O)C[C@H]1C. The van der Waals surface area contributed by atoms with E-state index in [1.54, 1.807) is 17.0 Å². The number of primary amides is 1. The summed E-state index contributed by atoms with van der Waals surface area (Å²) < 4.78 is 0. The van der Waals surface area contributed by atoms with Gasteiger partial charge in [-0.2, -0.15) is 0 Å². The van der Waals surface area contributed by atoms with Crippen LogP contribution in [-0.4, -0.2) is 24.1 Å². The van der Waals surface area contributed by atoms with Gasteiger partial charge in [0.05, 0.1) is 5.92 Å². The number of nitrogens with zero attached hydrogens (tertiary/aromatic N) is 1. The summed E-state index contributed by atoms with van der Waals surface area (Å²) in [4.78, 5) is 36.5. The monoisotopic (exact) mass is 336 g/mol. The molecule has 5 nitrogen and oxygen atoms in total. The number of rotatable bonds is 3. The number of amides is 2. The minimum Gasteiger partial charge on any atom is -0.369 e. The van der Waals surface area contributed by atoms with Gasteiger partial charge in [0.1, 0.15) is 6.29 Å². The van der Waals surface area contributed by atoms with Crippen LogP contribution in [0.5, 0.6) is 0 Å². The fraction of sp³-hybridized carbons (Fsp3) is 0.250. The lowest BCUT2D eigenvalue weighted by molar-refractivity contribution is -0.121. The lowest BCUT2D eigenvalue weighted by Crippen LogP contribution is -2.44. The van der Waals surface area contributed by atoms with Crippen LogP contribution in [-0.2, 0) is 9.59 Å². The number of hydrogen-bond acceptors (Lipinski definition) is 3. The topological polar surface area (TPSA) is 80.5 Å². The largest absolute Gasteiger partial charge is 0.369 e. The summed E-state index contributed by atoms with van der Waals surface area (Å²) in [7, 11) is 0. The second-order valence-electron chi connectivity index (χ2n) is 6.44. The van der Waals surface area contributed by atoms with Crippen molar-refractivity contribution < 1.29 is 14.4 Å².